The van der Waals surface area contributed by atoms with E-state index in [1.165, 1.54) is 17.8 Å². The van der Waals surface area contributed by atoms with Crippen molar-refractivity contribution < 1.29 is 0 Å². The minimum atomic E-state index is -0.271. The fourth-order valence-electron chi connectivity index (χ4n) is 0.715. The van der Waals surface area contributed by atoms with Gasteiger partial charge < -0.3 is 10.7 Å². The molecule has 3 N–H and O–H groups in total. The van der Waals surface area contributed by atoms with E-state index in [-0.39, 0.29) is 11.4 Å². The third-order valence-electron chi connectivity index (χ3n) is 1.19. The van der Waals surface area contributed by atoms with Crippen LogP contribution in [-0.2, 0) is 0 Å². The first-order valence-corrected chi connectivity index (χ1v) is 4.57. The maximum Gasteiger partial charge on any atom is 0.253 e. The molecule has 0 saturated heterocycles. The molecule has 0 atom stereocenters. The minimum Gasteiger partial charge on any atom is -0.383 e. The highest BCUT2D eigenvalue weighted by Crippen LogP contribution is 2.12. The molecule has 0 bridgehead atoms. The number of rotatable bonds is 3. The van der Waals surface area contributed by atoms with Crippen LogP contribution in [-0.4, -0.2) is 15.7 Å². The Bertz CT molecular complexity index is 381. The highest BCUT2D eigenvalue weighted by molar-refractivity contribution is 7.99. The van der Waals surface area contributed by atoms with E-state index in [1.54, 1.807) is 0 Å². The number of thioether (sulfide) groups is 1. The van der Waals surface area contributed by atoms with Crippen LogP contribution in [0.25, 0.3) is 0 Å². The second kappa shape index (κ2) is 4.52. The van der Waals surface area contributed by atoms with Gasteiger partial charge in [0.25, 0.3) is 5.56 Å². The first kappa shape index (κ1) is 9.61. The smallest absolute Gasteiger partial charge is 0.253 e. The third kappa shape index (κ3) is 3.17. The summed E-state index contributed by atoms with van der Waals surface area (Å²) < 4.78 is 0. The average Bonchev–Trinajstić information content (AvgIpc) is 2.03. The summed E-state index contributed by atoms with van der Waals surface area (Å²) in [5.74, 6) is 0.798. The number of nitrogen functional groups attached to an aromatic ring is 1. The van der Waals surface area contributed by atoms with Gasteiger partial charge in [0.05, 0.1) is 6.07 Å². The Kier molecular flexibility index (Phi) is 3.34. The van der Waals surface area contributed by atoms with Crippen molar-refractivity contribution in [3.8, 4) is 6.07 Å². The Morgan fingerprint density at radius 2 is 2.54 bits per heavy atom. The largest absolute Gasteiger partial charge is 0.383 e. The molecule has 0 saturated carbocycles. The second-order valence-corrected chi connectivity index (χ2v) is 3.32. The van der Waals surface area contributed by atoms with E-state index in [2.05, 4.69) is 9.97 Å². The van der Waals surface area contributed by atoms with Gasteiger partial charge in [-0.3, -0.25) is 4.79 Å². The molecule has 0 amide bonds. The first-order chi connectivity index (χ1) is 6.22. The summed E-state index contributed by atoms with van der Waals surface area (Å²) in [6.07, 6.45) is 0.420. The van der Waals surface area contributed by atoms with Crippen LogP contribution in [0.5, 0.6) is 0 Å². The van der Waals surface area contributed by atoms with Gasteiger partial charge in [-0.15, -0.1) is 0 Å². The minimum absolute atomic E-state index is 0.197. The lowest BCUT2D eigenvalue weighted by Crippen LogP contribution is -2.09. The van der Waals surface area contributed by atoms with Gasteiger partial charge in [0.15, 0.2) is 5.16 Å². The van der Waals surface area contributed by atoms with Crippen molar-refractivity contribution in [3.05, 3.63) is 16.4 Å². The molecule has 0 fully saturated rings. The summed E-state index contributed by atoms with van der Waals surface area (Å²) in [7, 11) is 0. The van der Waals surface area contributed by atoms with Crippen LogP contribution in [0.15, 0.2) is 16.0 Å². The number of aromatic nitrogens is 2. The number of nitriles is 1. The Morgan fingerprint density at radius 3 is 3.15 bits per heavy atom. The quantitative estimate of drug-likeness (QED) is 0.413. The van der Waals surface area contributed by atoms with Gasteiger partial charge in [-0.05, 0) is 0 Å². The van der Waals surface area contributed by atoms with Crippen LogP contribution >= 0.6 is 11.8 Å². The van der Waals surface area contributed by atoms with Crippen LogP contribution in [0.1, 0.15) is 6.42 Å². The summed E-state index contributed by atoms with van der Waals surface area (Å²) in [4.78, 5) is 17.3. The van der Waals surface area contributed by atoms with E-state index >= 15 is 0 Å². The van der Waals surface area contributed by atoms with Crippen molar-refractivity contribution in [1.29, 1.82) is 5.26 Å². The highest BCUT2D eigenvalue weighted by atomic mass is 32.2. The van der Waals surface area contributed by atoms with Gasteiger partial charge >= 0.3 is 0 Å². The number of hydrogen-bond donors (Lipinski definition) is 2. The monoisotopic (exact) mass is 196 g/mol. The molecule has 0 radical (unpaired) electrons. The van der Waals surface area contributed by atoms with Crippen molar-refractivity contribution in [1.82, 2.24) is 9.97 Å². The van der Waals surface area contributed by atoms with E-state index < -0.39 is 0 Å². The van der Waals surface area contributed by atoms with Gasteiger partial charge in [0.2, 0.25) is 0 Å². The second-order valence-electron chi connectivity index (χ2n) is 2.23. The van der Waals surface area contributed by atoms with Gasteiger partial charge in [-0.25, -0.2) is 4.98 Å². The molecule has 5 nitrogen and oxygen atoms in total. The van der Waals surface area contributed by atoms with Gasteiger partial charge in [0.1, 0.15) is 5.82 Å². The molecule has 68 valence electrons. The van der Waals surface area contributed by atoms with Crippen LogP contribution in [0.3, 0.4) is 0 Å². The van der Waals surface area contributed by atoms with Gasteiger partial charge in [-0.2, -0.15) is 5.26 Å². The Morgan fingerprint density at radius 1 is 1.77 bits per heavy atom. The molecule has 0 aliphatic rings. The Hall–Kier alpha value is -1.48. The highest BCUT2D eigenvalue weighted by Gasteiger charge is 1.98. The number of nitrogens with zero attached hydrogens (tertiary/aromatic N) is 2. The molecule has 0 aliphatic heterocycles. The number of nitrogens with two attached hydrogens (primary N) is 1. The van der Waals surface area contributed by atoms with Crippen LogP contribution < -0.4 is 11.3 Å². The maximum atomic E-state index is 10.9. The van der Waals surface area contributed by atoms with E-state index in [0.29, 0.717) is 17.3 Å². The van der Waals surface area contributed by atoms with E-state index in [0.717, 1.165) is 0 Å². The molecule has 0 aromatic carbocycles. The Balaban J connectivity index is 2.68. The lowest BCUT2D eigenvalue weighted by molar-refractivity contribution is 0.944. The van der Waals surface area contributed by atoms with Crippen LogP contribution in [0.4, 0.5) is 5.82 Å². The molecule has 1 heterocycles. The fourth-order valence-corrected chi connectivity index (χ4v) is 1.44. The third-order valence-corrected chi connectivity index (χ3v) is 2.07. The zero-order valence-corrected chi connectivity index (χ0v) is 7.60. The van der Waals surface area contributed by atoms with Crippen molar-refractivity contribution >= 4 is 17.6 Å². The molecule has 0 aliphatic carbocycles. The molecule has 13 heavy (non-hydrogen) atoms. The zero-order chi connectivity index (χ0) is 9.68. The lowest BCUT2D eigenvalue weighted by atomic mass is 10.6. The molecule has 1 aromatic rings. The Labute approximate surface area is 79.0 Å². The fraction of sp³-hybridized carbons (Fsp3) is 0.286. The summed E-state index contributed by atoms with van der Waals surface area (Å²) in [5.41, 5.74) is 5.08. The average molecular weight is 196 g/mol. The lowest BCUT2D eigenvalue weighted by Gasteiger charge is -1.97. The SMILES string of the molecule is N#CCCSc1nc(N)cc(=O)[nH]1. The van der Waals surface area contributed by atoms with Crippen molar-refractivity contribution in [2.45, 2.75) is 11.6 Å². The summed E-state index contributed by atoms with van der Waals surface area (Å²) in [5, 5.41) is 8.73. The molecule has 1 aromatic heterocycles. The predicted octanol–water partition coefficient (Wildman–Crippen LogP) is 0.358. The van der Waals surface area contributed by atoms with Crippen molar-refractivity contribution in [3.63, 3.8) is 0 Å². The summed E-state index contributed by atoms with van der Waals surface area (Å²) in [6.45, 7) is 0. The normalized spacial score (nSPS) is 9.46. The molecule has 0 spiro atoms. The van der Waals surface area contributed by atoms with E-state index in [1.807, 2.05) is 6.07 Å². The van der Waals surface area contributed by atoms with Crippen molar-refractivity contribution in [2.24, 2.45) is 0 Å². The molecule has 0 unspecified atom stereocenters. The summed E-state index contributed by atoms with van der Waals surface area (Å²) >= 11 is 1.30. The van der Waals surface area contributed by atoms with Crippen LogP contribution in [0, 0.1) is 11.3 Å². The van der Waals surface area contributed by atoms with Crippen LogP contribution in [0.2, 0.25) is 0 Å². The molecule has 1 rings (SSSR count). The topological polar surface area (TPSA) is 95.6 Å². The maximum absolute atomic E-state index is 10.9. The molecular formula is C7H8N4OS. The molecular weight excluding hydrogens is 188 g/mol. The summed E-state index contributed by atoms with van der Waals surface area (Å²) in [6, 6.07) is 3.21. The standard InChI is InChI=1S/C7H8N4OS/c8-2-1-3-13-7-10-5(9)4-6(12)11-7/h4H,1,3H2,(H3,9,10,11,12). The number of H-pyrrole nitrogens is 1. The van der Waals surface area contributed by atoms with Crippen molar-refractivity contribution in [2.75, 3.05) is 11.5 Å². The molecule has 6 heteroatoms. The first-order valence-electron chi connectivity index (χ1n) is 3.59. The van der Waals surface area contributed by atoms with E-state index in [9.17, 15) is 4.79 Å². The zero-order valence-electron chi connectivity index (χ0n) is 6.78. The predicted molar refractivity (Wildman–Crippen MR) is 50.2 cm³/mol. The number of anilines is 1. The number of hydrogen-bond acceptors (Lipinski definition) is 5. The van der Waals surface area contributed by atoms with Gasteiger partial charge in [0, 0.05) is 18.2 Å². The van der Waals surface area contributed by atoms with Gasteiger partial charge in [-0.1, -0.05) is 11.8 Å². The van der Waals surface area contributed by atoms with E-state index in [4.69, 9.17) is 11.0 Å². The number of nitrogens with one attached hydrogen (secondary N) is 1. The number of aromatic amines is 1.